The zero-order valence-corrected chi connectivity index (χ0v) is 15.0. The van der Waals surface area contributed by atoms with Gasteiger partial charge in [0.25, 0.3) is 0 Å². The maximum atomic E-state index is 12.7. The number of amides is 2. The largest absolute Gasteiger partial charge is 0.338 e. The Hall–Kier alpha value is -1.88. The van der Waals surface area contributed by atoms with Crippen molar-refractivity contribution >= 4 is 17.5 Å². The molecule has 136 valence electrons. The van der Waals surface area contributed by atoms with E-state index < -0.39 is 0 Å². The van der Waals surface area contributed by atoms with Gasteiger partial charge in [0.2, 0.25) is 11.8 Å². The van der Waals surface area contributed by atoms with Gasteiger partial charge in [-0.3, -0.25) is 9.59 Å². The van der Waals surface area contributed by atoms with Crippen LogP contribution in [0.5, 0.6) is 0 Å². The maximum absolute atomic E-state index is 12.7. The van der Waals surface area contributed by atoms with Crippen molar-refractivity contribution in [3.8, 4) is 0 Å². The molecule has 3 rings (SSSR count). The van der Waals surface area contributed by atoms with Gasteiger partial charge in [0, 0.05) is 37.7 Å². The molecule has 0 unspecified atom stereocenters. The number of nitrogens with one attached hydrogen (secondary N) is 1. The molecule has 0 aromatic heterocycles. The van der Waals surface area contributed by atoms with Gasteiger partial charge in [-0.15, -0.1) is 0 Å². The second-order valence-electron chi connectivity index (χ2n) is 7.16. The quantitative estimate of drug-likeness (QED) is 0.864. The summed E-state index contributed by atoms with van der Waals surface area (Å²) in [5.41, 5.74) is 0.782. The Morgan fingerprint density at radius 3 is 2.44 bits per heavy atom. The van der Waals surface area contributed by atoms with E-state index >= 15 is 0 Å². The predicted octanol–water partition coefficient (Wildman–Crippen LogP) is 2.88. The molecule has 1 aromatic carbocycles. The van der Waals surface area contributed by atoms with Gasteiger partial charge in [0.1, 0.15) is 0 Å². The summed E-state index contributed by atoms with van der Waals surface area (Å²) in [6, 6.07) is 9.73. The van der Waals surface area contributed by atoms with Crippen LogP contribution in [0.3, 0.4) is 0 Å². The Kier molecular flexibility index (Phi) is 6.45. The van der Waals surface area contributed by atoms with E-state index in [1.807, 2.05) is 35.2 Å². The zero-order chi connectivity index (χ0) is 17.5. The van der Waals surface area contributed by atoms with Crippen LogP contribution in [0.1, 0.15) is 44.9 Å². The number of nitrogens with zero attached hydrogens (tertiary/aromatic N) is 2. The molecule has 0 saturated carbocycles. The average Bonchev–Trinajstić information content (AvgIpc) is 3.14. The fraction of sp³-hybridized carbons (Fsp3) is 0.600. The number of anilines is 1. The van der Waals surface area contributed by atoms with Crippen LogP contribution >= 0.6 is 0 Å². The maximum Gasteiger partial charge on any atom is 0.224 e. The number of piperidine rings is 1. The zero-order valence-electron chi connectivity index (χ0n) is 15.0. The highest BCUT2D eigenvalue weighted by Crippen LogP contribution is 2.21. The Morgan fingerprint density at radius 2 is 1.68 bits per heavy atom. The molecule has 2 heterocycles. The summed E-state index contributed by atoms with van der Waals surface area (Å²) in [4.78, 5) is 29.3. The molecule has 0 aliphatic carbocycles. The van der Waals surface area contributed by atoms with E-state index in [4.69, 9.17) is 0 Å². The molecule has 2 aliphatic rings. The lowest BCUT2D eigenvalue weighted by Crippen LogP contribution is -2.49. The number of hydrogen-bond donors (Lipinski definition) is 1. The summed E-state index contributed by atoms with van der Waals surface area (Å²) < 4.78 is 0. The minimum absolute atomic E-state index is 0.0901. The normalized spacial score (nSPS) is 21.3. The van der Waals surface area contributed by atoms with Gasteiger partial charge in [-0.25, -0.2) is 0 Å². The van der Waals surface area contributed by atoms with Gasteiger partial charge in [-0.05, 0) is 57.3 Å². The Morgan fingerprint density at radius 1 is 0.960 bits per heavy atom. The lowest BCUT2D eigenvalue weighted by molar-refractivity contribution is -0.136. The fourth-order valence-electron chi connectivity index (χ4n) is 3.89. The first-order valence-corrected chi connectivity index (χ1v) is 9.59. The summed E-state index contributed by atoms with van der Waals surface area (Å²) >= 11 is 0. The van der Waals surface area contributed by atoms with Crippen LogP contribution < -0.4 is 5.32 Å². The molecule has 5 heteroatoms. The van der Waals surface area contributed by atoms with Crippen LogP contribution in [-0.2, 0) is 9.59 Å². The van der Waals surface area contributed by atoms with Gasteiger partial charge < -0.3 is 15.1 Å². The molecule has 0 radical (unpaired) electrons. The van der Waals surface area contributed by atoms with Crippen LogP contribution in [-0.4, -0.2) is 53.8 Å². The van der Waals surface area contributed by atoms with Gasteiger partial charge >= 0.3 is 0 Å². The average molecular weight is 343 g/mol. The van der Waals surface area contributed by atoms with Crippen molar-refractivity contribution in [3.63, 3.8) is 0 Å². The van der Waals surface area contributed by atoms with Crippen LogP contribution in [0.2, 0.25) is 0 Å². The second kappa shape index (κ2) is 8.99. The van der Waals surface area contributed by atoms with Gasteiger partial charge in [0.15, 0.2) is 0 Å². The molecular formula is C20H29N3O2. The van der Waals surface area contributed by atoms with Crippen molar-refractivity contribution in [2.45, 2.75) is 51.0 Å². The van der Waals surface area contributed by atoms with E-state index in [0.29, 0.717) is 12.5 Å². The predicted molar refractivity (Wildman–Crippen MR) is 99.3 cm³/mol. The number of benzene rings is 1. The first-order valence-electron chi connectivity index (χ1n) is 9.59. The Labute approximate surface area is 150 Å². The van der Waals surface area contributed by atoms with Gasteiger partial charge in [0.05, 0.1) is 0 Å². The molecule has 0 spiro atoms. The number of para-hydroxylation sites is 1. The lowest BCUT2D eigenvalue weighted by atomic mass is 10.0. The number of likely N-dealkylation sites (tertiary alicyclic amines) is 2. The molecule has 1 atom stereocenters. The highest BCUT2D eigenvalue weighted by molar-refractivity contribution is 5.93. The molecule has 2 aliphatic heterocycles. The van der Waals surface area contributed by atoms with Crippen LogP contribution in [0.4, 0.5) is 5.69 Å². The molecule has 2 fully saturated rings. The van der Waals surface area contributed by atoms with Gasteiger partial charge in [-0.1, -0.05) is 18.2 Å². The number of rotatable bonds is 6. The van der Waals surface area contributed by atoms with Crippen LogP contribution in [0.25, 0.3) is 0 Å². The summed E-state index contributed by atoms with van der Waals surface area (Å²) in [7, 11) is 0. The van der Waals surface area contributed by atoms with Gasteiger partial charge in [-0.2, -0.15) is 0 Å². The molecule has 1 N–H and O–H groups in total. The summed E-state index contributed by atoms with van der Waals surface area (Å²) in [5.74, 6) is 0.0414. The number of carbonyl (C=O) groups is 2. The summed E-state index contributed by atoms with van der Waals surface area (Å²) in [6.07, 6.45) is 6.49. The van der Waals surface area contributed by atoms with E-state index in [1.54, 1.807) is 0 Å². The highest BCUT2D eigenvalue weighted by Gasteiger charge is 2.29. The molecule has 2 saturated heterocycles. The van der Waals surface area contributed by atoms with E-state index in [2.05, 4.69) is 10.2 Å². The van der Waals surface area contributed by atoms with Crippen molar-refractivity contribution in [1.29, 1.82) is 0 Å². The third-order valence-corrected chi connectivity index (χ3v) is 5.24. The SMILES string of the molecule is O=C(CCC(=O)N1CCCC[C@H]1CN1CCCC1)Nc1ccccc1. The Bertz CT molecular complexity index is 570. The second-order valence-corrected chi connectivity index (χ2v) is 7.16. The molecule has 5 nitrogen and oxygen atoms in total. The molecule has 1 aromatic rings. The molecule has 0 bridgehead atoms. The molecule has 2 amide bonds. The Balaban J connectivity index is 1.47. The van der Waals surface area contributed by atoms with E-state index in [-0.39, 0.29) is 18.2 Å². The summed E-state index contributed by atoms with van der Waals surface area (Å²) in [5, 5.41) is 2.85. The van der Waals surface area contributed by atoms with Crippen molar-refractivity contribution in [2.75, 3.05) is 31.5 Å². The molecule has 25 heavy (non-hydrogen) atoms. The smallest absolute Gasteiger partial charge is 0.224 e. The van der Waals surface area contributed by atoms with Crippen molar-refractivity contribution in [3.05, 3.63) is 30.3 Å². The van der Waals surface area contributed by atoms with Crippen molar-refractivity contribution < 1.29 is 9.59 Å². The van der Waals surface area contributed by atoms with Crippen molar-refractivity contribution in [1.82, 2.24) is 9.80 Å². The third-order valence-electron chi connectivity index (χ3n) is 5.24. The number of hydrogen-bond acceptors (Lipinski definition) is 3. The highest BCUT2D eigenvalue weighted by atomic mass is 16.2. The number of carbonyl (C=O) groups excluding carboxylic acids is 2. The van der Waals surface area contributed by atoms with E-state index in [1.165, 1.54) is 19.3 Å². The minimum Gasteiger partial charge on any atom is -0.338 e. The lowest BCUT2D eigenvalue weighted by Gasteiger charge is -2.38. The monoisotopic (exact) mass is 343 g/mol. The fourth-order valence-corrected chi connectivity index (χ4v) is 3.89. The minimum atomic E-state index is -0.0901. The van der Waals surface area contributed by atoms with E-state index in [9.17, 15) is 9.59 Å². The van der Waals surface area contributed by atoms with Crippen molar-refractivity contribution in [2.24, 2.45) is 0 Å². The third kappa shape index (κ3) is 5.30. The summed E-state index contributed by atoms with van der Waals surface area (Å²) in [6.45, 7) is 4.18. The topological polar surface area (TPSA) is 52.7 Å². The first-order chi connectivity index (χ1) is 12.2. The standard InChI is InChI=1S/C20H29N3O2/c24-19(21-17-8-2-1-3-9-17)11-12-20(25)23-15-5-4-10-18(23)16-22-13-6-7-14-22/h1-3,8-9,18H,4-7,10-16H2,(H,21,24)/t18-/m0/s1. The first kappa shape index (κ1) is 17.9. The van der Waals surface area contributed by atoms with Crippen LogP contribution in [0.15, 0.2) is 30.3 Å². The molecular weight excluding hydrogens is 314 g/mol. The van der Waals surface area contributed by atoms with E-state index in [0.717, 1.165) is 44.7 Å². The van der Waals surface area contributed by atoms with Crippen LogP contribution in [0, 0.1) is 0 Å².